The second kappa shape index (κ2) is 4.50. The summed E-state index contributed by atoms with van der Waals surface area (Å²) in [5.41, 5.74) is -0.278. The molecule has 0 aliphatic heterocycles. The first-order valence-electron chi connectivity index (χ1n) is 4.03. The van der Waals surface area contributed by atoms with Crippen LogP contribution in [0.15, 0.2) is 16.6 Å². The van der Waals surface area contributed by atoms with Crippen molar-refractivity contribution in [3.8, 4) is 0 Å². The van der Waals surface area contributed by atoms with E-state index in [0.717, 1.165) is 12.1 Å². The average Bonchev–Trinajstić information content (AvgIpc) is 2.10. The van der Waals surface area contributed by atoms with Gasteiger partial charge in [-0.05, 0) is 12.1 Å². The van der Waals surface area contributed by atoms with Crippen LogP contribution in [-0.2, 0) is 0 Å². The highest BCUT2D eigenvalue weighted by Crippen LogP contribution is 2.23. The predicted octanol–water partition coefficient (Wildman–Crippen LogP) is 3.53. The van der Waals surface area contributed by atoms with Gasteiger partial charge in [0.25, 0.3) is 0 Å². The summed E-state index contributed by atoms with van der Waals surface area (Å²) in [6.07, 6.45) is 0.398. The van der Waals surface area contributed by atoms with Gasteiger partial charge < -0.3 is 5.32 Å². The Morgan fingerprint density at radius 2 is 1.93 bits per heavy atom. The molecule has 0 heterocycles. The van der Waals surface area contributed by atoms with Crippen LogP contribution in [0, 0.1) is 17.0 Å². The van der Waals surface area contributed by atoms with Crippen molar-refractivity contribution < 1.29 is 8.78 Å². The fraction of sp³-hybridized carbons (Fsp3) is 0.222. The fourth-order valence-corrected chi connectivity index (χ4v) is 1.30. The summed E-state index contributed by atoms with van der Waals surface area (Å²) in [6.45, 7) is 1.73. The van der Waals surface area contributed by atoms with Gasteiger partial charge in [0.1, 0.15) is 5.69 Å². The van der Waals surface area contributed by atoms with Gasteiger partial charge >= 0.3 is 0 Å². The number of anilines is 1. The van der Waals surface area contributed by atoms with Gasteiger partial charge in [-0.1, -0.05) is 22.9 Å². The average molecular weight is 263 g/mol. The lowest BCUT2D eigenvalue weighted by atomic mass is 10.3. The minimum absolute atomic E-state index is 0.0742. The van der Waals surface area contributed by atoms with Crippen molar-refractivity contribution in [1.29, 1.82) is 5.41 Å². The summed E-state index contributed by atoms with van der Waals surface area (Å²) in [4.78, 5) is 0. The van der Waals surface area contributed by atoms with Crippen LogP contribution in [0.2, 0.25) is 0 Å². The van der Waals surface area contributed by atoms with Crippen molar-refractivity contribution in [1.82, 2.24) is 0 Å². The molecule has 14 heavy (non-hydrogen) atoms. The van der Waals surface area contributed by atoms with Gasteiger partial charge in [-0.15, -0.1) is 0 Å². The van der Waals surface area contributed by atoms with Crippen LogP contribution in [0.5, 0.6) is 0 Å². The number of hydrogen-bond acceptors (Lipinski definition) is 1. The van der Waals surface area contributed by atoms with Crippen molar-refractivity contribution in [2.75, 3.05) is 5.32 Å². The summed E-state index contributed by atoms with van der Waals surface area (Å²) < 4.78 is 26.7. The molecule has 0 aliphatic carbocycles. The number of hydrogen-bond donors (Lipinski definition) is 2. The second-order valence-electron chi connectivity index (χ2n) is 2.70. The molecule has 0 bridgehead atoms. The fourth-order valence-electron chi connectivity index (χ4n) is 0.901. The third kappa shape index (κ3) is 2.51. The predicted molar refractivity (Wildman–Crippen MR) is 55.7 cm³/mol. The van der Waals surface area contributed by atoms with E-state index in [2.05, 4.69) is 21.2 Å². The zero-order chi connectivity index (χ0) is 10.7. The Balaban J connectivity index is 3.02. The lowest BCUT2D eigenvalue weighted by Gasteiger charge is -2.08. The molecule has 0 amide bonds. The summed E-state index contributed by atoms with van der Waals surface area (Å²) >= 11 is 2.97. The molecule has 0 atom stereocenters. The molecule has 1 aromatic carbocycles. The third-order valence-corrected chi connectivity index (χ3v) is 2.09. The van der Waals surface area contributed by atoms with Crippen LogP contribution >= 0.6 is 15.9 Å². The first-order valence-corrected chi connectivity index (χ1v) is 4.83. The van der Waals surface area contributed by atoms with Gasteiger partial charge in [0.15, 0.2) is 11.6 Å². The Labute approximate surface area is 89.0 Å². The van der Waals surface area contributed by atoms with Crippen molar-refractivity contribution in [3.05, 3.63) is 28.2 Å². The van der Waals surface area contributed by atoms with Crippen LogP contribution in [0.3, 0.4) is 0 Å². The van der Waals surface area contributed by atoms with Gasteiger partial charge in [-0.3, -0.25) is 5.41 Å². The van der Waals surface area contributed by atoms with Crippen LogP contribution in [-0.4, -0.2) is 5.84 Å². The van der Waals surface area contributed by atoms with E-state index in [1.165, 1.54) is 0 Å². The van der Waals surface area contributed by atoms with Crippen LogP contribution in [0.25, 0.3) is 0 Å². The van der Waals surface area contributed by atoms with Crippen LogP contribution in [0.4, 0.5) is 14.5 Å². The highest BCUT2D eigenvalue weighted by molar-refractivity contribution is 9.10. The van der Waals surface area contributed by atoms with Gasteiger partial charge in [0.2, 0.25) is 0 Å². The highest BCUT2D eigenvalue weighted by atomic mass is 79.9. The van der Waals surface area contributed by atoms with E-state index in [0.29, 0.717) is 10.9 Å². The molecule has 1 aromatic rings. The lowest BCUT2D eigenvalue weighted by molar-refractivity contribution is 0.589. The van der Waals surface area contributed by atoms with E-state index >= 15 is 0 Å². The molecule has 5 heteroatoms. The molecule has 0 aliphatic rings. The topological polar surface area (TPSA) is 35.9 Å². The largest absolute Gasteiger partial charge is 0.339 e. The van der Waals surface area contributed by atoms with E-state index in [1.54, 1.807) is 6.92 Å². The maximum Gasteiger partial charge on any atom is 0.150 e. The zero-order valence-electron chi connectivity index (χ0n) is 7.50. The summed E-state index contributed by atoms with van der Waals surface area (Å²) in [6, 6.07) is 2.29. The molecular weight excluding hydrogens is 254 g/mol. The van der Waals surface area contributed by atoms with Gasteiger partial charge in [-0.25, -0.2) is 8.78 Å². The second-order valence-corrected chi connectivity index (χ2v) is 3.62. The Bertz CT molecular complexity index is 343. The van der Waals surface area contributed by atoms with Crippen molar-refractivity contribution in [3.63, 3.8) is 0 Å². The van der Waals surface area contributed by atoms with Crippen molar-refractivity contribution in [2.24, 2.45) is 0 Å². The molecule has 1 rings (SSSR count). The van der Waals surface area contributed by atoms with Crippen LogP contribution < -0.4 is 5.32 Å². The molecule has 0 saturated heterocycles. The maximum absolute atomic E-state index is 13.2. The maximum atomic E-state index is 13.2. The molecule has 0 spiro atoms. The number of amidine groups is 1. The van der Waals surface area contributed by atoms with Gasteiger partial charge in [0.05, 0.1) is 5.84 Å². The van der Waals surface area contributed by atoms with Gasteiger partial charge in [-0.2, -0.15) is 0 Å². The van der Waals surface area contributed by atoms with Crippen molar-refractivity contribution in [2.45, 2.75) is 13.3 Å². The molecule has 2 nitrogen and oxygen atoms in total. The van der Waals surface area contributed by atoms with E-state index in [1.807, 2.05) is 0 Å². The number of nitrogens with one attached hydrogen (secondary N) is 2. The number of halogens is 3. The van der Waals surface area contributed by atoms with E-state index in [4.69, 9.17) is 5.41 Å². The summed E-state index contributed by atoms with van der Waals surface area (Å²) in [7, 11) is 0. The molecule has 0 unspecified atom stereocenters. The minimum atomic E-state index is -0.713. The third-order valence-electron chi connectivity index (χ3n) is 1.64. The highest BCUT2D eigenvalue weighted by Gasteiger charge is 2.10. The summed E-state index contributed by atoms with van der Waals surface area (Å²) in [5, 5.41) is 9.63. The molecule has 2 N–H and O–H groups in total. The first-order chi connectivity index (χ1) is 6.54. The molecule has 0 aromatic heterocycles. The monoisotopic (exact) mass is 262 g/mol. The normalized spacial score (nSPS) is 10.0. The van der Waals surface area contributed by atoms with E-state index < -0.39 is 11.6 Å². The molecule has 76 valence electrons. The Hall–Kier alpha value is -0.970. The van der Waals surface area contributed by atoms with E-state index in [-0.39, 0.29) is 11.5 Å². The Kier molecular flexibility index (Phi) is 3.57. The van der Waals surface area contributed by atoms with Crippen LogP contribution in [0.1, 0.15) is 13.3 Å². The molecular formula is C9H9BrF2N2. The van der Waals surface area contributed by atoms with E-state index in [9.17, 15) is 8.78 Å². The summed E-state index contributed by atoms with van der Waals surface area (Å²) in [5.74, 6) is -1.35. The first kappa shape index (κ1) is 11.1. The standard InChI is InChI=1S/C9H9BrF2N2/c1-2-8(13)14-9-6(11)3-5(10)4-7(9)12/h3-4H,2H2,1H3,(H2,13,14). The smallest absolute Gasteiger partial charge is 0.150 e. The van der Waals surface area contributed by atoms with Gasteiger partial charge in [0, 0.05) is 10.9 Å². The quantitative estimate of drug-likeness (QED) is 0.621. The van der Waals surface area contributed by atoms with Crippen molar-refractivity contribution >= 4 is 27.5 Å². The zero-order valence-corrected chi connectivity index (χ0v) is 9.08. The number of benzene rings is 1. The molecule has 0 radical (unpaired) electrons. The Morgan fingerprint density at radius 1 is 1.43 bits per heavy atom. The molecule has 0 fully saturated rings. The minimum Gasteiger partial charge on any atom is -0.339 e. The SMILES string of the molecule is CCC(=N)Nc1c(F)cc(Br)cc1F. The molecule has 0 saturated carbocycles. The number of rotatable bonds is 2. The Morgan fingerprint density at radius 3 is 2.36 bits per heavy atom. The lowest BCUT2D eigenvalue weighted by Crippen LogP contribution is -2.11.